The second-order valence-electron chi connectivity index (χ2n) is 12.3. The summed E-state index contributed by atoms with van der Waals surface area (Å²) in [6, 6.07) is 16.5. The zero-order chi connectivity index (χ0) is 31.4. The van der Waals surface area contributed by atoms with Crippen LogP contribution in [0.1, 0.15) is 5.56 Å². The van der Waals surface area contributed by atoms with Crippen molar-refractivity contribution in [3.8, 4) is 28.4 Å². The van der Waals surface area contributed by atoms with Crippen LogP contribution in [0.4, 0.5) is 4.79 Å². The normalized spacial score (nSPS) is 12.5. The molecule has 0 fully saturated rings. The molecule has 1 amide bonds. The molecule has 2 aromatic carbocycles. The third-order valence-electron chi connectivity index (χ3n) is 7.68. The predicted octanol–water partition coefficient (Wildman–Crippen LogP) is 6.54. The van der Waals surface area contributed by atoms with E-state index in [-0.39, 0.29) is 6.61 Å². The van der Waals surface area contributed by atoms with Gasteiger partial charge in [-0.1, -0.05) is 43.9 Å². The molecule has 0 aliphatic carbocycles. The van der Waals surface area contributed by atoms with Gasteiger partial charge in [0, 0.05) is 61.3 Å². The van der Waals surface area contributed by atoms with Gasteiger partial charge in [0.25, 0.3) is 0 Å². The molecular weight excluding hydrogens is 586 g/mol. The highest BCUT2D eigenvalue weighted by Gasteiger charge is 2.18. The number of hydrogen-bond acceptors (Lipinski definition) is 6. The van der Waals surface area contributed by atoms with E-state index >= 15 is 0 Å². The zero-order valence-corrected chi connectivity index (χ0v) is 26.6. The first-order valence-corrected chi connectivity index (χ1v) is 18.6. The molecule has 1 unspecified atom stereocenters. The molecule has 0 aliphatic rings. The van der Waals surface area contributed by atoms with Gasteiger partial charge in [0.15, 0.2) is 5.82 Å². The van der Waals surface area contributed by atoms with Crippen LogP contribution in [-0.2, 0) is 17.9 Å². The number of aromatic amines is 2. The van der Waals surface area contributed by atoms with E-state index in [1.807, 2.05) is 59.4 Å². The number of nitrogens with one attached hydrogen (secondary N) is 3. The molecule has 0 aliphatic heterocycles. The van der Waals surface area contributed by atoms with Crippen molar-refractivity contribution in [3.63, 3.8) is 0 Å². The fourth-order valence-corrected chi connectivity index (χ4v) is 6.04. The van der Waals surface area contributed by atoms with Crippen LogP contribution in [0.3, 0.4) is 0 Å². The summed E-state index contributed by atoms with van der Waals surface area (Å²) >= 11 is 0. The Morgan fingerprint density at radius 3 is 2.78 bits per heavy atom. The lowest BCUT2D eigenvalue weighted by Gasteiger charge is -2.18. The van der Waals surface area contributed by atoms with E-state index in [1.54, 1.807) is 18.6 Å². The number of rotatable bonds is 13. The minimum atomic E-state index is -1.17. The van der Waals surface area contributed by atoms with Crippen molar-refractivity contribution < 1.29 is 19.4 Å². The van der Waals surface area contributed by atoms with Crippen molar-refractivity contribution in [2.24, 2.45) is 0 Å². The standard InChI is InChI=1S/C33H37N7O4Si/c1-45(2,3)13-12-43-21-40-11-10-35-32(40)31-28-16-22(8-9-30(28)38-39-31)23-15-26(19-34-17-23)44-20-25(37-33(41)42)14-24-18-36-29-7-5-4-6-27(24)29/h4-11,15-19,25,36-37H,12-14,20-21H2,1-3H3,(H,38,39)(H,41,42). The molecule has 6 rings (SSSR count). The monoisotopic (exact) mass is 623 g/mol. The number of benzene rings is 2. The van der Waals surface area contributed by atoms with Gasteiger partial charge in [0.2, 0.25) is 0 Å². The lowest BCUT2D eigenvalue weighted by molar-refractivity contribution is 0.0882. The largest absolute Gasteiger partial charge is 0.490 e. The Morgan fingerprint density at radius 2 is 1.93 bits per heavy atom. The fraction of sp³-hybridized carbons (Fsp3) is 0.273. The molecule has 12 heteroatoms. The van der Waals surface area contributed by atoms with Gasteiger partial charge >= 0.3 is 6.09 Å². The molecule has 45 heavy (non-hydrogen) atoms. The van der Waals surface area contributed by atoms with Crippen molar-refractivity contribution in [2.45, 2.75) is 44.9 Å². The summed E-state index contributed by atoms with van der Waals surface area (Å²) in [6.07, 6.45) is 8.37. The number of carboxylic acid groups (broad SMARTS) is 1. The van der Waals surface area contributed by atoms with Crippen LogP contribution in [0, 0.1) is 0 Å². The summed E-state index contributed by atoms with van der Waals surface area (Å²) in [6.45, 7) is 8.29. The zero-order valence-electron chi connectivity index (χ0n) is 25.6. The second kappa shape index (κ2) is 13.0. The Bertz CT molecular complexity index is 1920. The summed E-state index contributed by atoms with van der Waals surface area (Å²) in [4.78, 5) is 23.8. The molecule has 11 nitrogen and oxygen atoms in total. The van der Waals surface area contributed by atoms with Crippen molar-refractivity contribution in [3.05, 3.63) is 85.1 Å². The minimum absolute atomic E-state index is 0.143. The van der Waals surface area contributed by atoms with E-state index in [4.69, 9.17) is 9.47 Å². The Morgan fingerprint density at radius 1 is 1.07 bits per heavy atom. The highest BCUT2D eigenvalue weighted by atomic mass is 28.3. The predicted molar refractivity (Wildman–Crippen MR) is 177 cm³/mol. The summed E-state index contributed by atoms with van der Waals surface area (Å²) in [7, 11) is -1.17. The summed E-state index contributed by atoms with van der Waals surface area (Å²) in [5, 5.41) is 21.8. The highest BCUT2D eigenvalue weighted by molar-refractivity contribution is 6.76. The first kappa shape index (κ1) is 30.1. The highest BCUT2D eigenvalue weighted by Crippen LogP contribution is 2.31. The van der Waals surface area contributed by atoms with E-state index < -0.39 is 20.2 Å². The number of para-hydroxylation sites is 1. The molecule has 0 spiro atoms. The van der Waals surface area contributed by atoms with E-state index in [1.165, 1.54) is 0 Å². The number of carbonyl (C=O) groups is 1. The third-order valence-corrected chi connectivity index (χ3v) is 9.39. The minimum Gasteiger partial charge on any atom is -0.490 e. The Kier molecular flexibility index (Phi) is 8.67. The van der Waals surface area contributed by atoms with Crippen LogP contribution < -0.4 is 10.1 Å². The second-order valence-corrected chi connectivity index (χ2v) is 18.0. The number of H-pyrrole nitrogens is 2. The molecule has 4 N–H and O–H groups in total. The summed E-state index contributed by atoms with van der Waals surface area (Å²) in [5.74, 6) is 1.27. The Hall–Kier alpha value is -4.94. The maximum absolute atomic E-state index is 11.6. The first-order chi connectivity index (χ1) is 21.7. The van der Waals surface area contributed by atoms with Crippen LogP contribution in [0.15, 0.2) is 79.5 Å². The van der Waals surface area contributed by atoms with Crippen LogP contribution in [0.25, 0.3) is 44.5 Å². The lowest BCUT2D eigenvalue weighted by Crippen LogP contribution is -2.39. The van der Waals surface area contributed by atoms with Crippen molar-refractivity contribution in [1.29, 1.82) is 0 Å². The number of fused-ring (bicyclic) bond motifs is 2. The van der Waals surface area contributed by atoms with Crippen LogP contribution in [-0.4, -0.2) is 68.2 Å². The maximum Gasteiger partial charge on any atom is 0.405 e. The van der Waals surface area contributed by atoms with E-state index in [0.29, 0.717) is 18.9 Å². The molecule has 4 heterocycles. The van der Waals surface area contributed by atoms with Gasteiger partial charge in [-0.15, -0.1) is 0 Å². The number of imidazole rings is 1. The smallest absolute Gasteiger partial charge is 0.405 e. The van der Waals surface area contributed by atoms with Crippen molar-refractivity contribution >= 4 is 36.0 Å². The number of pyridine rings is 1. The van der Waals surface area contributed by atoms with Gasteiger partial charge in [0.05, 0.1) is 17.8 Å². The van der Waals surface area contributed by atoms with Gasteiger partial charge in [-0.2, -0.15) is 5.10 Å². The van der Waals surface area contributed by atoms with Gasteiger partial charge < -0.3 is 29.4 Å². The number of aromatic nitrogens is 6. The quantitative estimate of drug-likeness (QED) is 0.0845. The third kappa shape index (κ3) is 7.24. The lowest BCUT2D eigenvalue weighted by atomic mass is 10.0. The number of nitrogens with zero attached hydrogens (tertiary/aromatic N) is 4. The molecule has 4 aromatic heterocycles. The number of ether oxygens (including phenoxy) is 2. The van der Waals surface area contributed by atoms with E-state index in [9.17, 15) is 9.90 Å². The average molecular weight is 624 g/mol. The molecule has 232 valence electrons. The van der Waals surface area contributed by atoms with Crippen molar-refractivity contribution in [1.82, 2.24) is 35.0 Å². The Balaban J connectivity index is 1.18. The van der Waals surface area contributed by atoms with E-state index in [0.717, 1.165) is 62.7 Å². The van der Waals surface area contributed by atoms with Crippen LogP contribution in [0.5, 0.6) is 5.75 Å². The Labute approximate surface area is 261 Å². The first-order valence-electron chi connectivity index (χ1n) is 14.9. The summed E-state index contributed by atoms with van der Waals surface area (Å²) in [5.41, 5.74) is 5.45. The molecular formula is C33H37N7O4Si. The van der Waals surface area contributed by atoms with Gasteiger partial charge in [-0.05, 0) is 47.9 Å². The topological polar surface area (TPSA) is 143 Å². The molecule has 0 saturated heterocycles. The van der Waals surface area contributed by atoms with Gasteiger partial charge in [0.1, 0.15) is 24.8 Å². The van der Waals surface area contributed by atoms with Crippen LogP contribution in [0.2, 0.25) is 25.7 Å². The number of hydrogen-bond donors (Lipinski definition) is 4. The van der Waals surface area contributed by atoms with E-state index in [2.05, 4.69) is 56.2 Å². The number of amides is 1. The van der Waals surface area contributed by atoms with Gasteiger partial charge in [-0.25, -0.2) is 9.78 Å². The molecule has 6 aromatic rings. The summed E-state index contributed by atoms with van der Waals surface area (Å²) < 4.78 is 14.0. The average Bonchev–Trinajstić information content (AvgIpc) is 3.76. The fourth-order valence-electron chi connectivity index (χ4n) is 5.28. The molecule has 1 atom stereocenters. The molecule has 0 saturated carbocycles. The van der Waals surface area contributed by atoms with Gasteiger partial charge in [-0.3, -0.25) is 10.1 Å². The molecule has 0 radical (unpaired) electrons. The maximum atomic E-state index is 11.6. The van der Waals surface area contributed by atoms with Crippen molar-refractivity contribution in [2.75, 3.05) is 13.2 Å². The molecule has 0 bridgehead atoms. The SMILES string of the molecule is C[Si](C)(C)CCOCn1ccnc1-c1n[nH]c2ccc(-c3cncc(OCC(Cc4c[nH]c5ccccc45)NC(=O)O)c3)cc12. The van der Waals surface area contributed by atoms with Crippen LogP contribution >= 0.6 is 0 Å².